The molecule has 1 aliphatic carbocycles. The Morgan fingerprint density at radius 3 is 2.31 bits per heavy atom. The molecule has 0 saturated heterocycles. The van der Waals surface area contributed by atoms with E-state index < -0.39 is 28.5 Å². The molecule has 1 atom stereocenters. The van der Waals surface area contributed by atoms with Crippen molar-refractivity contribution >= 4 is 49.2 Å². The third kappa shape index (κ3) is 7.39. The maximum atomic E-state index is 13.6. The Hall–Kier alpha value is -2.72. The largest absolute Gasteiger partial charge is 0.352 e. The zero-order valence-electron chi connectivity index (χ0n) is 20.7. The Morgan fingerprint density at radius 2 is 1.72 bits per heavy atom. The van der Waals surface area contributed by atoms with Gasteiger partial charge in [-0.2, -0.15) is 0 Å². The number of anilines is 1. The molecule has 2 aromatic carbocycles. The highest BCUT2D eigenvalue weighted by molar-refractivity contribution is 9.10. The monoisotopic (exact) mass is 577 g/mol. The molecular formula is C26H32BrN3O5S. The number of amides is 2. The number of rotatable bonds is 10. The van der Waals surface area contributed by atoms with Crippen molar-refractivity contribution in [2.24, 2.45) is 0 Å². The SMILES string of the molecule is CC(=O)c1cccc(N(CC(=O)N(Cc2ccc(Br)cc2)[C@@H](C)C(=O)NC2CCCC2)S(C)(=O)=O)c1. The van der Waals surface area contributed by atoms with Crippen molar-refractivity contribution in [1.29, 1.82) is 0 Å². The fraction of sp³-hybridized carbons (Fsp3) is 0.423. The standard InChI is InChI=1S/C26H32BrN3O5S/c1-18(26(33)28-23-8-4-5-9-23)29(16-20-11-13-22(27)14-12-20)25(32)17-30(36(3,34)35)24-10-6-7-21(15-24)19(2)31/h6-7,10-15,18,23H,4-5,8-9,16-17H2,1-3H3,(H,28,33)/t18-/m0/s1. The van der Waals surface area contributed by atoms with E-state index in [1.165, 1.54) is 24.0 Å². The Balaban J connectivity index is 1.90. The van der Waals surface area contributed by atoms with E-state index >= 15 is 0 Å². The molecule has 0 radical (unpaired) electrons. The van der Waals surface area contributed by atoms with Crippen molar-refractivity contribution in [2.75, 3.05) is 17.1 Å². The molecule has 1 fully saturated rings. The molecule has 1 N–H and O–H groups in total. The first-order chi connectivity index (χ1) is 17.0. The minimum Gasteiger partial charge on any atom is -0.352 e. The van der Waals surface area contributed by atoms with Crippen LogP contribution in [0.3, 0.4) is 0 Å². The molecule has 2 aromatic rings. The van der Waals surface area contributed by atoms with Crippen molar-refractivity contribution in [3.8, 4) is 0 Å². The van der Waals surface area contributed by atoms with E-state index in [0.29, 0.717) is 5.56 Å². The summed E-state index contributed by atoms with van der Waals surface area (Å²) in [6.07, 6.45) is 4.95. The Kier molecular flexibility index (Phi) is 9.30. The van der Waals surface area contributed by atoms with E-state index in [4.69, 9.17) is 0 Å². The van der Waals surface area contributed by atoms with Crippen LogP contribution in [0.15, 0.2) is 53.0 Å². The number of nitrogens with zero attached hydrogens (tertiary/aromatic N) is 2. The molecule has 2 amide bonds. The molecule has 10 heteroatoms. The summed E-state index contributed by atoms with van der Waals surface area (Å²) in [7, 11) is -3.86. The molecule has 194 valence electrons. The van der Waals surface area contributed by atoms with Gasteiger partial charge in [0, 0.05) is 22.6 Å². The van der Waals surface area contributed by atoms with Gasteiger partial charge in [0.1, 0.15) is 12.6 Å². The van der Waals surface area contributed by atoms with Crippen LogP contribution < -0.4 is 9.62 Å². The van der Waals surface area contributed by atoms with Gasteiger partial charge < -0.3 is 10.2 Å². The zero-order chi connectivity index (χ0) is 26.5. The van der Waals surface area contributed by atoms with Crippen molar-refractivity contribution in [1.82, 2.24) is 10.2 Å². The van der Waals surface area contributed by atoms with E-state index in [1.807, 2.05) is 24.3 Å². The number of carbonyl (C=O) groups is 3. The first kappa shape index (κ1) is 27.9. The molecule has 0 unspecified atom stereocenters. The highest BCUT2D eigenvalue weighted by Crippen LogP contribution is 2.22. The Labute approximate surface area is 221 Å². The number of carbonyl (C=O) groups excluding carboxylic acids is 3. The van der Waals surface area contributed by atoms with E-state index in [-0.39, 0.29) is 30.0 Å². The third-order valence-corrected chi connectivity index (χ3v) is 8.02. The average Bonchev–Trinajstić information content (AvgIpc) is 3.34. The number of Topliss-reactive ketones (excluding diaryl/α,β-unsaturated/α-hetero) is 1. The normalized spacial score (nSPS) is 14.8. The summed E-state index contributed by atoms with van der Waals surface area (Å²) in [5.41, 5.74) is 1.35. The van der Waals surface area contributed by atoms with Crippen molar-refractivity contribution in [3.63, 3.8) is 0 Å². The van der Waals surface area contributed by atoms with Gasteiger partial charge >= 0.3 is 0 Å². The van der Waals surface area contributed by atoms with Gasteiger partial charge in [-0.25, -0.2) is 8.42 Å². The van der Waals surface area contributed by atoms with Crippen LogP contribution in [-0.2, 0) is 26.2 Å². The molecule has 1 saturated carbocycles. The first-order valence-corrected chi connectivity index (χ1v) is 14.5. The van der Waals surface area contributed by atoms with Crippen LogP contribution in [0.4, 0.5) is 5.69 Å². The fourth-order valence-corrected chi connectivity index (χ4v) is 5.36. The van der Waals surface area contributed by atoms with Gasteiger partial charge in [0.05, 0.1) is 11.9 Å². The summed E-state index contributed by atoms with van der Waals surface area (Å²) < 4.78 is 27.2. The molecule has 0 aromatic heterocycles. The maximum Gasteiger partial charge on any atom is 0.244 e. The number of ketones is 1. The summed E-state index contributed by atoms with van der Waals surface area (Å²) in [4.78, 5) is 39.9. The molecule has 0 bridgehead atoms. The minimum atomic E-state index is -3.86. The van der Waals surface area contributed by atoms with Gasteiger partial charge in [-0.15, -0.1) is 0 Å². The highest BCUT2D eigenvalue weighted by Gasteiger charge is 2.31. The van der Waals surface area contributed by atoms with Gasteiger partial charge in [-0.1, -0.05) is 53.0 Å². The fourth-order valence-electron chi connectivity index (χ4n) is 4.25. The lowest BCUT2D eigenvalue weighted by Gasteiger charge is -2.32. The van der Waals surface area contributed by atoms with E-state index in [0.717, 1.165) is 46.3 Å². The van der Waals surface area contributed by atoms with Gasteiger partial charge in [0.2, 0.25) is 21.8 Å². The van der Waals surface area contributed by atoms with Crippen LogP contribution in [0.25, 0.3) is 0 Å². The lowest BCUT2D eigenvalue weighted by atomic mass is 10.1. The molecular weight excluding hydrogens is 546 g/mol. The van der Waals surface area contributed by atoms with E-state index in [2.05, 4.69) is 21.2 Å². The first-order valence-electron chi connectivity index (χ1n) is 11.9. The molecule has 3 rings (SSSR count). The van der Waals surface area contributed by atoms with Crippen molar-refractivity contribution < 1.29 is 22.8 Å². The van der Waals surface area contributed by atoms with Gasteiger partial charge in [0.15, 0.2) is 5.78 Å². The van der Waals surface area contributed by atoms with Crippen molar-refractivity contribution in [2.45, 2.75) is 58.2 Å². The number of halogens is 1. The summed E-state index contributed by atoms with van der Waals surface area (Å²) in [5.74, 6) is -1.01. The predicted molar refractivity (Wildman–Crippen MR) is 143 cm³/mol. The molecule has 1 aliphatic rings. The lowest BCUT2D eigenvalue weighted by Crippen LogP contribution is -2.52. The Bertz CT molecular complexity index is 1210. The second-order valence-corrected chi connectivity index (χ2v) is 12.0. The van der Waals surface area contributed by atoms with Crippen molar-refractivity contribution in [3.05, 3.63) is 64.1 Å². The molecule has 0 heterocycles. The minimum absolute atomic E-state index is 0.0893. The summed E-state index contributed by atoms with van der Waals surface area (Å²) >= 11 is 3.40. The maximum absolute atomic E-state index is 13.6. The van der Waals surface area contributed by atoms with E-state index in [1.54, 1.807) is 19.1 Å². The van der Waals surface area contributed by atoms with Crippen LogP contribution in [0.1, 0.15) is 55.5 Å². The quantitative estimate of drug-likeness (QED) is 0.431. The lowest BCUT2D eigenvalue weighted by molar-refractivity contribution is -0.139. The smallest absolute Gasteiger partial charge is 0.244 e. The molecule has 0 aliphatic heterocycles. The number of hydrogen-bond acceptors (Lipinski definition) is 5. The topological polar surface area (TPSA) is 104 Å². The van der Waals surface area contributed by atoms with Crippen LogP contribution in [0, 0.1) is 0 Å². The summed E-state index contributed by atoms with van der Waals surface area (Å²) in [6.45, 7) is 2.68. The van der Waals surface area contributed by atoms with Crippen LogP contribution in [-0.4, -0.2) is 55.8 Å². The second kappa shape index (κ2) is 12.0. The second-order valence-electron chi connectivity index (χ2n) is 9.19. The number of hydrogen-bond donors (Lipinski definition) is 1. The number of benzene rings is 2. The zero-order valence-corrected chi connectivity index (χ0v) is 23.1. The average molecular weight is 579 g/mol. The van der Waals surface area contributed by atoms with E-state index in [9.17, 15) is 22.8 Å². The molecule has 8 nitrogen and oxygen atoms in total. The van der Waals surface area contributed by atoms with Crippen LogP contribution in [0.5, 0.6) is 0 Å². The van der Waals surface area contributed by atoms with Crippen LogP contribution >= 0.6 is 15.9 Å². The van der Waals surface area contributed by atoms with Gasteiger partial charge in [0.25, 0.3) is 0 Å². The van der Waals surface area contributed by atoms with Gasteiger partial charge in [-0.05, 0) is 56.5 Å². The highest BCUT2D eigenvalue weighted by atomic mass is 79.9. The molecule has 36 heavy (non-hydrogen) atoms. The molecule has 0 spiro atoms. The number of sulfonamides is 1. The Morgan fingerprint density at radius 1 is 1.08 bits per heavy atom. The third-order valence-electron chi connectivity index (χ3n) is 6.35. The summed E-state index contributed by atoms with van der Waals surface area (Å²) in [6, 6.07) is 12.8. The summed E-state index contributed by atoms with van der Waals surface area (Å²) in [5, 5.41) is 3.03. The predicted octanol–water partition coefficient (Wildman–Crippen LogP) is 3.89. The van der Waals surface area contributed by atoms with Gasteiger partial charge in [-0.3, -0.25) is 18.7 Å². The number of nitrogens with one attached hydrogen (secondary N) is 1. The van der Waals surface area contributed by atoms with Crippen LogP contribution in [0.2, 0.25) is 0 Å².